The summed E-state index contributed by atoms with van der Waals surface area (Å²) in [5.74, 6) is 5.03. The van der Waals surface area contributed by atoms with Crippen LogP contribution in [0.4, 0.5) is 0 Å². The van der Waals surface area contributed by atoms with E-state index in [9.17, 15) is 9.90 Å². The van der Waals surface area contributed by atoms with Crippen LogP contribution in [0.2, 0.25) is 0 Å². The fourth-order valence-corrected chi connectivity index (χ4v) is 2.67. The lowest BCUT2D eigenvalue weighted by Crippen LogP contribution is -2.46. The Balaban J connectivity index is 2.23. The monoisotopic (exact) mass is 288 g/mol. The van der Waals surface area contributed by atoms with Crippen LogP contribution in [0.15, 0.2) is 18.3 Å². The standard InChI is InChI=1S/C16H20N2O3/c1-18(13-8-2-3-9-14(13)20)16(21)15-12(7-5-11-19)6-4-10-17-15/h4,6,10,13-14,19-20H,2-3,8-9,11H2,1H3. The Bertz CT molecular complexity index is 562. The summed E-state index contributed by atoms with van der Waals surface area (Å²) < 4.78 is 0. The molecule has 2 rings (SSSR count). The molecular formula is C16H20N2O3. The van der Waals surface area contributed by atoms with Crippen LogP contribution in [0.3, 0.4) is 0 Å². The van der Waals surface area contributed by atoms with Gasteiger partial charge in [0.15, 0.2) is 0 Å². The number of rotatable bonds is 2. The number of hydrogen-bond donors (Lipinski definition) is 2. The molecule has 5 nitrogen and oxygen atoms in total. The summed E-state index contributed by atoms with van der Waals surface area (Å²) in [6.07, 6.45) is 4.59. The van der Waals surface area contributed by atoms with Gasteiger partial charge in [0.1, 0.15) is 12.3 Å². The SMILES string of the molecule is CN(C(=O)c1ncccc1C#CCO)C1CCCCC1O. The minimum atomic E-state index is -0.483. The third kappa shape index (κ3) is 3.60. The number of nitrogens with zero attached hydrogens (tertiary/aromatic N) is 2. The normalized spacial score (nSPS) is 21.3. The van der Waals surface area contributed by atoms with Crippen LogP contribution in [0.1, 0.15) is 41.7 Å². The summed E-state index contributed by atoms with van der Waals surface area (Å²) in [5, 5.41) is 18.9. The summed E-state index contributed by atoms with van der Waals surface area (Å²) in [5.41, 5.74) is 0.757. The Kier molecular flexibility index (Phi) is 5.32. The number of hydrogen-bond acceptors (Lipinski definition) is 4. The maximum Gasteiger partial charge on any atom is 0.273 e. The van der Waals surface area contributed by atoms with Gasteiger partial charge in [-0.1, -0.05) is 24.7 Å². The van der Waals surface area contributed by atoms with Crippen molar-refractivity contribution in [1.82, 2.24) is 9.88 Å². The zero-order valence-electron chi connectivity index (χ0n) is 12.1. The molecule has 0 saturated heterocycles. The largest absolute Gasteiger partial charge is 0.391 e. The van der Waals surface area contributed by atoms with E-state index in [1.54, 1.807) is 30.3 Å². The molecule has 0 aliphatic heterocycles. The number of aromatic nitrogens is 1. The molecule has 0 bridgehead atoms. The van der Waals surface area contributed by atoms with Gasteiger partial charge in [-0.15, -0.1) is 0 Å². The second-order valence-corrected chi connectivity index (χ2v) is 5.19. The van der Waals surface area contributed by atoms with E-state index in [2.05, 4.69) is 16.8 Å². The number of amides is 1. The second kappa shape index (κ2) is 7.21. The van der Waals surface area contributed by atoms with Crippen LogP contribution in [0.25, 0.3) is 0 Å². The van der Waals surface area contributed by atoms with Gasteiger partial charge in [0, 0.05) is 13.2 Å². The first-order valence-corrected chi connectivity index (χ1v) is 7.15. The zero-order valence-corrected chi connectivity index (χ0v) is 12.1. The average Bonchev–Trinajstić information content (AvgIpc) is 2.52. The molecule has 1 aliphatic carbocycles. The minimum absolute atomic E-state index is 0.174. The predicted octanol–water partition coefficient (Wildman–Crippen LogP) is 0.801. The molecule has 5 heteroatoms. The van der Waals surface area contributed by atoms with Gasteiger partial charge >= 0.3 is 0 Å². The number of carbonyl (C=O) groups excluding carboxylic acids is 1. The van der Waals surface area contributed by atoms with Gasteiger partial charge in [0.25, 0.3) is 5.91 Å². The van der Waals surface area contributed by atoms with E-state index in [-0.39, 0.29) is 24.2 Å². The van der Waals surface area contributed by atoms with Crippen molar-refractivity contribution in [3.05, 3.63) is 29.6 Å². The lowest BCUT2D eigenvalue weighted by Gasteiger charge is -2.35. The molecule has 1 heterocycles. The van der Waals surface area contributed by atoms with Crippen LogP contribution < -0.4 is 0 Å². The predicted molar refractivity (Wildman–Crippen MR) is 78.6 cm³/mol. The Hall–Kier alpha value is -1.90. The number of carbonyl (C=O) groups is 1. The second-order valence-electron chi connectivity index (χ2n) is 5.19. The molecule has 0 radical (unpaired) electrons. The van der Waals surface area contributed by atoms with Crippen molar-refractivity contribution in [2.24, 2.45) is 0 Å². The maximum atomic E-state index is 12.6. The molecule has 1 fully saturated rings. The molecule has 21 heavy (non-hydrogen) atoms. The summed E-state index contributed by atoms with van der Waals surface area (Å²) in [4.78, 5) is 18.3. The molecule has 1 amide bonds. The molecule has 2 unspecified atom stereocenters. The van der Waals surface area contributed by atoms with Crippen LogP contribution >= 0.6 is 0 Å². The molecule has 0 spiro atoms. The molecule has 1 saturated carbocycles. The highest BCUT2D eigenvalue weighted by molar-refractivity contribution is 5.94. The van der Waals surface area contributed by atoms with Crippen molar-refractivity contribution in [2.45, 2.75) is 37.8 Å². The molecule has 1 aromatic heterocycles. The number of likely N-dealkylation sites (N-methyl/N-ethyl adjacent to an activating group) is 1. The zero-order chi connectivity index (χ0) is 15.2. The molecule has 1 aromatic rings. The summed E-state index contributed by atoms with van der Waals surface area (Å²) in [7, 11) is 1.69. The number of pyridine rings is 1. The molecule has 1 aliphatic rings. The third-order valence-electron chi connectivity index (χ3n) is 3.82. The molecule has 2 atom stereocenters. The maximum absolute atomic E-state index is 12.6. The van der Waals surface area contributed by atoms with Crippen LogP contribution in [-0.4, -0.2) is 51.8 Å². The van der Waals surface area contributed by atoms with Crippen LogP contribution in [0, 0.1) is 11.8 Å². The van der Waals surface area contributed by atoms with Gasteiger partial charge in [-0.2, -0.15) is 0 Å². The van der Waals surface area contributed by atoms with Crippen molar-refractivity contribution in [3.63, 3.8) is 0 Å². The fraction of sp³-hybridized carbons (Fsp3) is 0.500. The lowest BCUT2D eigenvalue weighted by molar-refractivity contribution is 0.0264. The fourth-order valence-electron chi connectivity index (χ4n) is 2.67. The van der Waals surface area contributed by atoms with Gasteiger partial charge in [0.2, 0.25) is 0 Å². The lowest BCUT2D eigenvalue weighted by atomic mass is 9.91. The van der Waals surface area contributed by atoms with E-state index in [4.69, 9.17) is 5.11 Å². The Morgan fingerprint density at radius 3 is 2.95 bits per heavy atom. The van der Waals surface area contributed by atoms with E-state index in [0.29, 0.717) is 5.56 Å². The average molecular weight is 288 g/mol. The first kappa shape index (κ1) is 15.5. The molecular weight excluding hydrogens is 268 g/mol. The van der Waals surface area contributed by atoms with Crippen LogP contribution in [0.5, 0.6) is 0 Å². The van der Waals surface area contributed by atoms with Crippen molar-refractivity contribution in [1.29, 1.82) is 0 Å². The highest BCUT2D eigenvalue weighted by atomic mass is 16.3. The van der Waals surface area contributed by atoms with Crippen LogP contribution in [-0.2, 0) is 0 Å². The molecule has 112 valence electrons. The van der Waals surface area contributed by atoms with Gasteiger partial charge in [-0.25, -0.2) is 4.98 Å². The van der Waals surface area contributed by atoms with Gasteiger partial charge in [-0.3, -0.25) is 4.79 Å². The van der Waals surface area contributed by atoms with Crippen molar-refractivity contribution in [3.8, 4) is 11.8 Å². The van der Waals surface area contributed by atoms with E-state index in [1.165, 1.54) is 0 Å². The highest BCUT2D eigenvalue weighted by Crippen LogP contribution is 2.23. The Morgan fingerprint density at radius 1 is 1.48 bits per heavy atom. The summed E-state index contributed by atoms with van der Waals surface area (Å²) >= 11 is 0. The summed E-state index contributed by atoms with van der Waals surface area (Å²) in [6.45, 7) is -0.264. The third-order valence-corrected chi connectivity index (χ3v) is 3.82. The van der Waals surface area contributed by atoms with Gasteiger partial charge < -0.3 is 15.1 Å². The summed E-state index contributed by atoms with van der Waals surface area (Å²) in [6, 6.07) is 3.23. The number of aliphatic hydroxyl groups excluding tert-OH is 2. The van der Waals surface area contributed by atoms with E-state index in [0.717, 1.165) is 25.7 Å². The first-order chi connectivity index (χ1) is 10.1. The smallest absolute Gasteiger partial charge is 0.273 e. The first-order valence-electron chi connectivity index (χ1n) is 7.15. The van der Waals surface area contributed by atoms with Gasteiger partial charge in [0.05, 0.1) is 17.7 Å². The van der Waals surface area contributed by atoms with Crippen molar-refractivity contribution in [2.75, 3.05) is 13.7 Å². The van der Waals surface area contributed by atoms with Crippen molar-refractivity contribution < 1.29 is 15.0 Å². The quantitative estimate of drug-likeness (QED) is 0.790. The molecule has 2 N–H and O–H groups in total. The number of aliphatic hydroxyl groups is 2. The van der Waals surface area contributed by atoms with Gasteiger partial charge in [-0.05, 0) is 25.0 Å². The van der Waals surface area contributed by atoms with E-state index in [1.807, 2.05) is 0 Å². The topological polar surface area (TPSA) is 73.7 Å². The molecule has 0 aromatic carbocycles. The highest BCUT2D eigenvalue weighted by Gasteiger charge is 2.30. The van der Waals surface area contributed by atoms with E-state index >= 15 is 0 Å². The van der Waals surface area contributed by atoms with E-state index < -0.39 is 6.10 Å². The van der Waals surface area contributed by atoms with Crippen molar-refractivity contribution >= 4 is 5.91 Å². The Labute approximate surface area is 124 Å². The minimum Gasteiger partial charge on any atom is -0.391 e. The Morgan fingerprint density at radius 2 is 2.24 bits per heavy atom.